The monoisotopic (exact) mass is 585 g/mol. The number of hydrogen-bond donors (Lipinski definition) is 0. The zero-order valence-corrected chi connectivity index (χ0v) is 24.4. The Hall–Kier alpha value is -3.65. The van der Waals surface area contributed by atoms with Gasteiger partial charge >= 0.3 is 0 Å². The Morgan fingerprint density at radius 2 is 1.39 bits per heavy atom. The number of rotatable bonds is 6. The van der Waals surface area contributed by atoms with Gasteiger partial charge in [0.15, 0.2) is 0 Å². The minimum Gasteiger partial charge on any atom is -0.336 e. The molecule has 41 heavy (non-hydrogen) atoms. The molecule has 8 heteroatoms. The number of benzene rings is 4. The number of carbonyl (C=O) groups excluding carboxylic acids is 1. The topological polar surface area (TPSA) is 60.9 Å². The Balaban J connectivity index is 1.18. The normalized spacial score (nSPS) is 17.6. The van der Waals surface area contributed by atoms with Crippen LogP contribution in [0, 0.1) is 0 Å². The van der Waals surface area contributed by atoms with Crippen molar-refractivity contribution < 1.29 is 13.2 Å². The Morgan fingerprint density at radius 1 is 0.805 bits per heavy atom. The lowest BCUT2D eigenvalue weighted by Crippen LogP contribution is -2.49. The van der Waals surface area contributed by atoms with Crippen molar-refractivity contribution in [1.82, 2.24) is 9.80 Å². The molecule has 0 unspecified atom stereocenters. The molecule has 0 spiro atoms. The summed E-state index contributed by atoms with van der Waals surface area (Å²) in [7, 11) is -3.76. The maximum absolute atomic E-state index is 13.6. The molecule has 2 aliphatic heterocycles. The van der Waals surface area contributed by atoms with Crippen molar-refractivity contribution in [3.05, 3.63) is 130 Å². The van der Waals surface area contributed by atoms with E-state index in [4.69, 9.17) is 11.6 Å². The predicted octanol–water partition coefficient (Wildman–Crippen LogP) is 6.03. The second kappa shape index (κ2) is 11.3. The van der Waals surface area contributed by atoms with Gasteiger partial charge in [-0.05, 0) is 72.5 Å². The zero-order valence-electron chi connectivity index (χ0n) is 22.9. The lowest BCUT2D eigenvalue weighted by molar-refractivity contribution is 0.0597. The van der Waals surface area contributed by atoms with Crippen LogP contribution in [0.5, 0.6) is 0 Å². The van der Waals surface area contributed by atoms with Crippen LogP contribution in [0.25, 0.3) is 0 Å². The fourth-order valence-electron chi connectivity index (χ4n) is 6.07. The molecule has 2 aliphatic rings. The third kappa shape index (κ3) is 5.37. The maximum Gasteiger partial charge on any atom is 0.264 e. The van der Waals surface area contributed by atoms with Gasteiger partial charge in [-0.3, -0.25) is 14.0 Å². The van der Waals surface area contributed by atoms with E-state index in [-0.39, 0.29) is 22.9 Å². The Kier molecular flexibility index (Phi) is 7.60. The zero-order chi connectivity index (χ0) is 28.6. The third-order valence-electron chi connectivity index (χ3n) is 8.05. The summed E-state index contributed by atoms with van der Waals surface area (Å²) in [4.78, 5) is 18.1. The van der Waals surface area contributed by atoms with Gasteiger partial charge in [-0.15, -0.1) is 0 Å². The highest BCUT2D eigenvalue weighted by atomic mass is 35.5. The highest BCUT2D eigenvalue weighted by Crippen LogP contribution is 2.38. The minimum absolute atomic E-state index is 0.0184. The number of piperazine rings is 1. The van der Waals surface area contributed by atoms with E-state index in [1.807, 2.05) is 30.0 Å². The Labute approximate surface area is 246 Å². The van der Waals surface area contributed by atoms with Crippen LogP contribution >= 0.6 is 11.6 Å². The molecule has 0 aromatic heterocycles. The summed E-state index contributed by atoms with van der Waals surface area (Å²) >= 11 is 5.97. The van der Waals surface area contributed by atoms with Crippen LogP contribution in [0.2, 0.25) is 5.02 Å². The average molecular weight is 586 g/mol. The summed E-state index contributed by atoms with van der Waals surface area (Å²) < 4.78 is 28.4. The first kappa shape index (κ1) is 27.5. The van der Waals surface area contributed by atoms with Crippen molar-refractivity contribution >= 4 is 33.2 Å². The number of halogens is 1. The molecule has 0 saturated carbocycles. The second-order valence-electron chi connectivity index (χ2n) is 10.7. The summed E-state index contributed by atoms with van der Waals surface area (Å²) in [5, 5.41) is 0.485. The summed E-state index contributed by atoms with van der Waals surface area (Å²) in [6, 6.07) is 32.5. The first-order valence-corrected chi connectivity index (χ1v) is 15.7. The lowest BCUT2D eigenvalue weighted by Gasteiger charge is -2.40. The standard InChI is InChI=1S/C33H32ClN3O3S/c1-24-22-28-23-27(12-17-31(28)37(24)41(39,40)30-15-13-29(34)14-16-30)33(38)36-20-18-35(19-21-36)32(25-8-4-2-5-9-25)26-10-6-3-7-11-26/h2-17,23-24,32H,18-22H2,1H3/t24-/m0/s1. The molecule has 1 atom stereocenters. The SMILES string of the molecule is C[C@H]1Cc2cc(C(=O)N3CCN(C(c4ccccc4)c4ccccc4)CC3)ccc2N1S(=O)(=O)c1ccc(Cl)cc1. The molecule has 0 radical (unpaired) electrons. The number of fused-ring (bicyclic) bond motifs is 1. The Bertz CT molecular complexity index is 1600. The highest BCUT2D eigenvalue weighted by Gasteiger charge is 2.37. The van der Waals surface area contributed by atoms with Crippen LogP contribution in [-0.4, -0.2) is 56.3 Å². The number of amides is 1. The van der Waals surface area contributed by atoms with Gasteiger partial charge in [-0.1, -0.05) is 72.3 Å². The van der Waals surface area contributed by atoms with Gasteiger partial charge in [0.05, 0.1) is 16.6 Å². The molecule has 1 fully saturated rings. The van der Waals surface area contributed by atoms with Crippen LogP contribution < -0.4 is 4.31 Å². The molecule has 1 saturated heterocycles. The van der Waals surface area contributed by atoms with E-state index >= 15 is 0 Å². The summed E-state index contributed by atoms with van der Waals surface area (Å²) in [5.74, 6) is -0.0184. The molecule has 4 aromatic carbocycles. The van der Waals surface area contributed by atoms with Gasteiger partial charge in [-0.2, -0.15) is 0 Å². The van der Waals surface area contributed by atoms with Gasteiger partial charge in [0.2, 0.25) is 0 Å². The van der Waals surface area contributed by atoms with Crippen molar-refractivity contribution in [2.75, 3.05) is 30.5 Å². The van der Waals surface area contributed by atoms with Crippen LogP contribution in [0.4, 0.5) is 5.69 Å². The quantitative estimate of drug-likeness (QED) is 0.277. The molecule has 4 aromatic rings. The van der Waals surface area contributed by atoms with Gasteiger partial charge in [0.1, 0.15) is 0 Å². The third-order valence-corrected chi connectivity index (χ3v) is 10.2. The largest absolute Gasteiger partial charge is 0.336 e. The van der Waals surface area contributed by atoms with Gasteiger partial charge < -0.3 is 4.90 Å². The van der Waals surface area contributed by atoms with Crippen molar-refractivity contribution in [2.45, 2.75) is 30.3 Å². The van der Waals surface area contributed by atoms with E-state index in [1.165, 1.54) is 27.6 Å². The first-order chi connectivity index (χ1) is 19.8. The number of sulfonamides is 1. The summed E-state index contributed by atoms with van der Waals surface area (Å²) in [6.07, 6.45) is 0.548. The first-order valence-electron chi connectivity index (χ1n) is 13.9. The van der Waals surface area contributed by atoms with Gasteiger partial charge in [0.25, 0.3) is 15.9 Å². The van der Waals surface area contributed by atoms with E-state index in [0.29, 0.717) is 35.8 Å². The Morgan fingerprint density at radius 3 is 1.98 bits per heavy atom. The van der Waals surface area contributed by atoms with E-state index in [9.17, 15) is 13.2 Å². The number of nitrogens with zero attached hydrogens (tertiary/aromatic N) is 3. The van der Waals surface area contributed by atoms with Crippen LogP contribution in [0.1, 0.15) is 40.0 Å². The van der Waals surface area contributed by atoms with E-state index in [0.717, 1.165) is 18.7 Å². The number of carbonyl (C=O) groups is 1. The number of anilines is 1. The van der Waals surface area contributed by atoms with Crippen molar-refractivity contribution in [3.63, 3.8) is 0 Å². The minimum atomic E-state index is -3.76. The predicted molar refractivity (Wildman–Crippen MR) is 163 cm³/mol. The molecular formula is C33H32ClN3O3S. The van der Waals surface area contributed by atoms with Gasteiger partial charge in [-0.25, -0.2) is 8.42 Å². The molecule has 1 amide bonds. The molecule has 6 rings (SSSR count). The summed E-state index contributed by atoms with van der Waals surface area (Å²) in [5.41, 5.74) is 4.57. The number of hydrogen-bond acceptors (Lipinski definition) is 4. The van der Waals surface area contributed by atoms with Crippen molar-refractivity contribution in [2.24, 2.45) is 0 Å². The fourth-order valence-corrected chi connectivity index (χ4v) is 7.89. The highest BCUT2D eigenvalue weighted by molar-refractivity contribution is 7.92. The molecule has 0 bridgehead atoms. The lowest BCUT2D eigenvalue weighted by atomic mass is 9.96. The van der Waals surface area contributed by atoms with Crippen LogP contribution in [-0.2, 0) is 16.4 Å². The smallest absolute Gasteiger partial charge is 0.264 e. The molecule has 2 heterocycles. The van der Waals surface area contributed by atoms with E-state index < -0.39 is 10.0 Å². The summed E-state index contributed by atoms with van der Waals surface area (Å²) in [6.45, 7) is 4.66. The van der Waals surface area contributed by atoms with E-state index in [2.05, 4.69) is 53.4 Å². The molecule has 0 N–H and O–H groups in total. The van der Waals surface area contributed by atoms with Gasteiger partial charge in [0, 0.05) is 42.8 Å². The van der Waals surface area contributed by atoms with E-state index in [1.54, 1.807) is 24.3 Å². The molecule has 210 valence electrons. The maximum atomic E-state index is 13.6. The average Bonchev–Trinajstić information content (AvgIpc) is 3.34. The van der Waals surface area contributed by atoms with Crippen molar-refractivity contribution in [1.29, 1.82) is 0 Å². The fraction of sp³-hybridized carbons (Fsp3) is 0.242. The molecule has 0 aliphatic carbocycles. The molecular weight excluding hydrogens is 554 g/mol. The van der Waals surface area contributed by atoms with Crippen LogP contribution in [0.15, 0.2) is 108 Å². The van der Waals surface area contributed by atoms with Crippen molar-refractivity contribution in [3.8, 4) is 0 Å². The molecule has 6 nitrogen and oxygen atoms in total. The van der Waals surface area contributed by atoms with Crippen LogP contribution in [0.3, 0.4) is 0 Å². The second-order valence-corrected chi connectivity index (χ2v) is 13.0.